The summed E-state index contributed by atoms with van der Waals surface area (Å²) in [5.74, 6) is 2.86. The van der Waals surface area contributed by atoms with Gasteiger partial charge in [0.1, 0.15) is 0 Å². The monoisotopic (exact) mass is 449 g/mol. The van der Waals surface area contributed by atoms with Crippen LogP contribution in [0.4, 0.5) is 0 Å². The van der Waals surface area contributed by atoms with E-state index >= 15 is 0 Å². The second-order valence-electron chi connectivity index (χ2n) is 9.55. The first-order valence-electron chi connectivity index (χ1n) is 12.5. The van der Waals surface area contributed by atoms with E-state index in [1.165, 1.54) is 39.0 Å². The number of allylic oxidation sites excluding steroid dienone is 7. The van der Waals surface area contributed by atoms with Gasteiger partial charge in [0.05, 0.1) is 5.92 Å². The van der Waals surface area contributed by atoms with Crippen molar-refractivity contribution in [3.8, 4) is 23.5 Å². The van der Waals surface area contributed by atoms with Crippen molar-refractivity contribution in [2.75, 3.05) is 13.6 Å². The average molecular weight is 450 g/mol. The lowest BCUT2D eigenvalue weighted by atomic mass is 9.81. The first kappa shape index (κ1) is 25.4. The van der Waals surface area contributed by atoms with Crippen LogP contribution >= 0.6 is 0 Å². The van der Waals surface area contributed by atoms with Crippen molar-refractivity contribution in [1.82, 2.24) is 4.90 Å². The maximum absolute atomic E-state index is 5.72. The molecular formula is C33H39N. The molecule has 0 saturated carbocycles. The Bertz CT molecular complexity index is 1160. The van der Waals surface area contributed by atoms with Gasteiger partial charge in [-0.05, 0) is 84.0 Å². The molecule has 0 radical (unpaired) electrons. The van der Waals surface area contributed by atoms with E-state index in [9.17, 15) is 0 Å². The highest BCUT2D eigenvalue weighted by molar-refractivity contribution is 5.84. The number of fused-ring (bicyclic) bond motifs is 3. The molecule has 176 valence electrons. The van der Waals surface area contributed by atoms with Gasteiger partial charge < -0.3 is 4.90 Å². The molecule has 1 heteroatoms. The molecule has 3 rings (SSSR count). The van der Waals surface area contributed by atoms with Crippen molar-refractivity contribution in [2.45, 2.75) is 52.9 Å². The summed E-state index contributed by atoms with van der Waals surface area (Å²) in [6.45, 7) is 12.1. The van der Waals surface area contributed by atoms with Crippen LogP contribution in [-0.4, -0.2) is 18.5 Å². The summed E-state index contributed by atoms with van der Waals surface area (Å²) in [4.78, 5) is 2.12. The van der Waals surface area contributed by atoms with Gasteiger partial charge in [0.2, 0.25) is 0 Å². The summed E-state index contributed by atoms with van der Waals surface area (Å²) in [6, 6.07) is 13.9. The van der Waals surface area contributed by atoms with Crippen LogP contribution in [0.25, 0.3) is 16.7 Å². The van der Waals surface area contributed by atoms with E-state index in [1.807, 2.05) is 0 Å². The van der Waals surface area contributed by atoms with Crippen molar-refractivity contribution < 1.29 is 0 Å². The standard InChI is InChI=1S/C33H39N/c1-8-14-27(16-13-12-15-25(9-2)21-22-34(7)11-4)28-18-20-30-29-19-17-26(10-3)23-31(29)33(5,6)32(30)24-28/h2,8,12,14-25H,10-11,13H2,1,3-7H3/b14-8-,15-12+,22-21-,27-16+. The normalized spacial score (nSPS) is 15.6. The molecule has 0 heterocycles. The van der Waals surface area contributed by atoms with Crippen LogP contribution < -0.4 is 0 Å². The minimum Gasteiger partial charge on any atom is -0.381 e. The van der Waals surface area contributed by atoms with Gasteiger partial charge in [-0.1, -0.05) is 87.4 Å². The predicted octanol–water partition coefficient (Wildman–Crippen LogP) is 8.18. The molecule has 0 bridgehead atoms. The number of hydrogen-bond acceptors (Lipinski definition) is 1. The third-order valence-electron chi connectivity index (χ3n) is 6.88. The Morgan fingerprint density at radius 3 is 2.41 bits per heavy atom. The zero-order chi connectivity index (χ0) is 24.7. The molecule has 0 spiro atoms. The predicted molar refractivity (Wildman–Crippen MR) is 150 cm³/mol. The van der Waals surface area contributed by atoms with Crippen LogP contribution in [0.1, 0.15) is 63.3 Å². The smallest absolute Gasteiger partial charge is 0.0577 e. The lowest BCUT2D eigenvalue weighted by Gasteiger charge is -2.22. The Hall–Kier alpha value is -3.24. The van der Waals surface area contributed by atoms with E-state index in [2.05, 4.69) is 132 Å². The molecule has 0 aliphatic heterocycles. The van der Waals surface area contributed by atoms with Crippen molar-refractivity contribution in [2.24, 2.45) is 5.92 Å². The average Bonchev–Trinajstić information content (AvgIpc) is 3.08. The Morgan fingerprint density at radius 2 is 1.76 bits per heavy atom. The zero-order valence-corrected chi connectivity index (χ0v) is 21.7. The quantitative estimate of drug-likeness (QED) is 0.212. The minimum atomic E-state index is 0.00476. The van der Waals surface area contributed by atoms with E-state index in [0.717, 1.165) is 19.4 Å². The summed E-state index contributed by atoms with van der Waals surface area (Å²) in [6.07, 6.45) is 22.6. The second kappa shape index (κ2) is 11.3. The molecule has 0 fully saturated rings. The third-order valence-corrected chi connectivity index (χ3v) is 6.88. The van der Waals surface area contributed by atoms with Crippen LogP contribution in [0, 0.1) is 18.3 Å². The van der Waals surface area contributed by atoms with Gasteiger partial charge in [0.15, 0.2) is 0 Å². The van der Waals surface area contributed by atoms with Crippen LogP contribution in [0.5, 0.6) is 0 Å². The highest BCUT2D eigenvalue weighted by atomic mass is 15.1. The number of nitrogens with zero attached hydrogens (tertiary/aromatic N) is 1. The summed E-state index contributed by atoms with van der Waals surface area (Å²) in [5, 5.41) is 0. The summed E-state index contributed by atoms with van der Waals surface area (Å²) >= 11 is 0. The fourth-order valence-corrected chi connectivity index (χ4v) is 4.59. The Balaban J connectivity index is 1.86. The Morgan fingerprint density at radius 1 is 1.06 bits per heavy atom. The molecule has 0 N–H and O–H groups in total. The minimum absolute atomic E-state index is 0.00476. The molecular weight excluding hydrogens is 410 g/mol. The maximum Gasteiger partial charge on any atom is 0.0577 e. The molecule has 34 heavy (non-hydrogen) atoms. The zero-order valence-electron chi connectivity index (χ0n) is 21.7. The Kier molecular flexibility index (Phi) is 8.41. The molecule has 0 saturated heterocycles. The molecule has 0 amide bonds. The highest BCUT2D eigenvalue weighted by Gasteiger charge is 2.35. The van der Waals surface area contributed by atoms with E-state index < -0.39 is 0 Å². The van der Waals surface area contributed by atoms with Crippen molar-refractivity contribution in [3.63, 3.8) is 0 Å². The molecule has 1 aliphatic carbocycles. The molecule has 1 nitrogen and oxygen atoms in total. The topological polar surface area (TPSA) is 3.24 Å². The molecule has 2 aromatic rings. The molecule has 1 atom stereocenters. The number of terminal acetylenes is 1. The molecule has 1 aliphatic rings. The summed E-state index contributed by atoms with van der Waals surface area (Å²) in [5.41, 5.74) is 9.52. The van der Waals surface area contributed by atoms with Crippen molar-refractivity contribution in [1.29, 1.82) is 0 Å². The third kappa shape index (κ3) is 5.45. The number of hydrogen-bond donors (Lipinski definition) is 0. The fraction of sp³-hybridized carbons (Fsp3) is 0.333. The molecule has 1 unspecified atom stereocenters. The van der Waals surface area contributed by atoms with Gasteiger partial charge in [0.25, 0.3) is 0 Å². The first-order chi connectivity index (χ1) is 16.3. The van der Waals surface area contributed by atoms with E-state index in [1.54, 1.807) is 0 Å². The lowest BCUT2D eigenvalue weighted by molar-refractivity contribution is 0.482. The van der Waals surface area contributed by atoms with Crippen LogP contribution in [0.3, 0.4) is 0 Å². The van der Waals surface area contributed by atoms with E-state index in [-0.39, 0.29) is 11.3 Å². The fourth-order valence-electron chi connectivity index (χ4n) is 4.59. The van der Waals surface area contributed by atoms with Gasteiger partial charge in [0, 0.05) is 19.0 Å². The summed E-state index contributed by atoms with van der Waals surface area (Å²) < 4.78 is 0. The molecule has 2 aromatic carbocycles. The Labute approximate surface area is 207 Å². The SMILES string of the molecule is C#CC(/C=C\N(C)CC)/C=C/C/C=C(\C=C/C)c1ccc2c(c1)C(C)(C)c1cc(CC)ccc1-2. The number of rotatable bonds is 9. The highest BCUT2D eigenvalue weighted by Crippen LogP contribution is 2.49. The van der Waals surface area contributed by atoms with Gasteiger partial charge >= 0.3 is 0 Å². The van der Waals surface area contributed by atoms with Crippen LogP contribution in [0.2, 0.25) is 0 Å². The van der Waals surface area contributed by atoms with Gasteiger partial charge in [-0.25, -0.2) is 0 Å². The number of aryl methyl sites for hydroxylation is 1. The van der Waals surface area contributed by atoms with Crippen molar-refractivity contribution in [3.05, 3.63) is 101 Å². The van der Waals surface area contributed by atoms with Crippen molar-refractivity contribution >= 4 is 5.57 Å². The maximum atomic E-state index is 5.72. The summed E-state index contributed by atoms with van der Waals surface area (Å²) in [7, 11) is 2.05. The van der Waals surface area contributed by atoms with Gasteiger partial charge in [-0.2, -0.15) is 0 Å². The van der Waals surface area contributed by atoms with E-state index in [4.69, 9.17) is 6.42 Å². The molecule has 0 aromatic heterocycles. The van der Waals surface area contributed by atoms with Crippen LogP contribution in [0.15, 0.2) is 79.1 Å². The largest absolute Gasteiger partial charge is 0.381 e. The first-order valence-corrected chi connectivity index (χ1v) is 12.5. The lowest BCUT2D eigenvalue weighted by Crippen LogP contribution is -2.15. The van der Waals surface area contributed by atoms with E-state index in [0.29, 0.717) is 0 Å². The van der Waals surface area contributed by atoms with Gasteiger partial charge in [-0.15, -0.1) is 6.42 Å². The number of benzene rings is 2. The second-order valence-corrected chi connectivity index (χ2v) is 9.55. The van der Waals surface area contributed by atoms with Gasteiger partial charge in [-0.3, -0.25) is 0 Å². The van der Waals surface area contributed by atoms with Crippen LogP contribution in [-0.2, 0) is 11.8 Å².